The molecule has 5 aromatic carbocycles. The Balaban J connectivity index is 1.77. The summed E-state index contributed by atoms with van der Waals surface area (Å²) >= 11 is 1.42. The lowest BCUT2D eigenvalue weighted by Crippen LogP contribution is -2.54. The molecule has 0 fully saturated rings. The highest BCUT2D eigenvalue weighted by atomic mass is 32.2. The highest BCUT2D eigenvalue weighted by Gasteiger charge is 2.71. The Morgan fingerprint density at radius 1 is 0.659 bits per heavy atom. The number of methoxy groups -OCH3 is 1. The molecule has 7 heteroatoms. The van der Waals surface area contributed by atoms with E-state index < -0.39 is 19.5 Å². The summed E-state index contributed by atoms with van der Waals surface area (Å²) in [7, 11) is -2.71. The Labute approximate surface area is 244 Å². The summed E-state index contributed by atoms with van der Waals surface area (Å²) in [6.07, 6.45) is 0. The van der Waals surface area contributed by atoms with Crippen LogP contribution in [0.1, 0.15) is 16.7 Å². The van der Waals surface area contributed by atoms with E-state index >= 15 is 8.42 Å². The molecule has 0 aromatic heterocycles. The number of oxime groups is 1. The third-order valence-electron chi connectivity index (χ3n) is 7.21. The molecule has 0 saturated heterocycles. The zero-order chi connectivity index (χ0) is 28.3. The molecule has 0 spiro atoms. The van der Waals surface area contributed by atoms with Crippen LogP contribution < -0.4 is 4.74 Å². The lowest BCUT2D eigenvalue weighted by atomic mass is 9.81. The van der Waals surface area contributed by atoms with Crippen LogP contribution in [0.4, 0.5) is 0 Å². The molecule has 0 amide bonds. The van der Waals surface area contributed by atoms with Crippen molar-refractivity contribution in [2.24, 2.45) is 5.16 Å². The molecule has 0 aliphatic carbocycles. The average Bonchev–Trinajstić information content (AvgIpc) is 3.39. The Kier molecular flexibility index (Phi) is 7.15. The maximum Gasteiger partial charge on any atom is 0.290 e. The molecule has 0 bridgehead atoms. The zero-order valence-electron chi connectivity index (χ0n) is 22.3. The van der Waals surface area contributed by atoms with E-state index in [-0.39, 0.29) is 4.90 Å². The van der Waals surface area contributed by atoms with Crippen molar-refractivity contribution in [3.05, 3.63) is 162 Å². The smallest absolute Gasteiger partial charge is 0.290 e. The van der Waals surface area contributed by atoms with Crippen molar-refractivity contribution in [2.45, 2.75) is 19.5 Å². The van der Waals surface area contributed by atoms with E-state index in [1.165, 1.54) is 11.8 Å². The molecule has 0 saturated carbocycles. The normalized spacial score (nSPS) is 20.2. The van der Waals surface area contributed by atoms with E-state index in [0.29, 0.717) is 17.0 Å². The molecule has 2 unspecified atom stereocenters. The summed E-state index contributed by atoms with van der Waals surface area (Å²) in [4.78, 5) is 5.47. The number of benzene rings is 5. The van der Waals surface area contributed by atoms with E-state index in [2.05, 4.69) is 5.16 Å². The largest absolute Gasteiger partial charge is 0.497 e. The standard InChI is InChI=1S/C34H27NO4S2/c1-38-29-24-22-28(23-25-29)34(41(36,37)31-20-12-5-13-21-31)33(27-16-8-3-9-17-27,40-30-18-10-4-11-19-30)32(35-39-34)26-14-6-2-7-15-26/h2-25H,1H3. The molecule has 5 aromatic rings. The van der Waals surface area contributed by atoms with Gasteiger partial charge in [0.2, 0.25) is 9.84 Å². The number of ether oxygens (including phenoxy) is 1. The van der Waals surface area contributed by atoms with Gasteiger partial charge < -0.3 is 9.57 Å². The van der Waals surface area contributed by atoms with Gasteiger partial charge in [-0.2, -0.15) is 0 Å². The van der Waals surface area contributed by atoms with Crippen molar-refractivity contribution >= 4 is 27.3 Å². The van der Waals surface area contributed by atoms with Crippen LogP contribution in [-0.2, 0) is 24.4 Å². The van der Waals surface area contributed by atoms with E-state index in [0.717, 1.165) is 16.0 Å². The van der Waals surface area contributed by atoms with Gasteiger partial charge in [0.05, 0.1) is 12.0 Å². The summed E-state index contributed by atoms with van der Waals surface area (Å²) in [5, 5.41) is 4.68. The predicted molar refractivity (Wildman–Crippen MR) is 163 cm³/mol. The molecule has 0 N–H and O–H groups in total. The number of hydrogen-bond acceptors (Lipinski definition) is 6. The Bertz CT molecular complexity index is 1760. The van der Waals surface area contributed by atoms with Gasteiger partial charge >= 0.3 is 0 Å². The van der Waals surface area contributed by atoms with Crippen LogP contribution in [-0.4, -0.2) is 21.2 Å². The zero-order valence-corrected chi connectivity index (χ0v) is 23.9. The van der Waals surface area contributed by atoms with Gasteiger partial charge in [-0.25, -0.2) is 8.42 Å². The van der Waals surface area contributed by atoms with Crippen LogP contribution in [0.3, 0.4) is 0 Å². The van der Waals surface area contributed by atoms with Gasteiger partial charge in [0.25, 0.3) is 4.93 Å². The lowest BCUT2D eigenvalue weighted by molar-refractivity contribution is 0.0281. The van der Waals surface area contributed by atoms with Crippen LogP contribution in [0.15, 0.2) is 161 Å². The molecular weight excluding hydrogens is 551 g/mol. The fourth-order valence-corrected chi connectivity index (χ4v) is 9.23. The number of hydrogen-bond donors (Lipinski definition) is 0. The first-order valence-electron chi connectivity index (χ1n) is 13.1. The van der Waals surface area contributed by atoms with E-state index in [1.54, 1.807) is 61.7 Å². The third-order valence-corrected chi connectivity index (χ3v) is 11.1. The number of nitrogens with zero attached hydrogens (tertiary/aromatic N) is 1. The highest BCUT2D eigenvalue weighted by Crippen LogP contribution is 2.63. The van der Waals surface area contributed by atoms with Gasteiger partial charge in [-0.05, 0) is 42.0 Å². The first kappa shape index (κ1) is 26.9. The summed E-state index contributed by atoms with van der Waals surface area (Å²) in [6, 6.07) is 44.5. The molecule has 1 heterocycles. The summed E-state index contributed by atoms with van der Waals surface area (Å²) in [5.74, 6) is 0.601. The molecule has 6 rings (SSSR count). The van der Waals surface area contributed by atoms with Crippen LogP contribution >= 0.6 is 11.8 Å². The second kappa shape index (κ2) is 10.9. The molecule has 204 valence electrons. The molecule has 41 heavy (non-hydrogen) atoms. The van der Waals surface area contributed by atoms with Crippen molar-refractivity contribution in [1.82, 2.24) is 0 Å². The van der Waals surface area contributed by atoms with E-state index in [9.17, 15) is 0 Å². The van der Waals surface area contributed by atoms with Crippen molar-refractivity contribution in [3.63, 3.8) is 0 Å². The van der Waals surface area contributed by atoms with Crippen LogP contribution in [0.2, 0.25) is 0 Å². The molecule has 1 aliphatic rings. The minimum atomic E-state index is -4.29. The van der Waals surface area contributed by atoms with Crippen molar-refractivity contribution in [1.29, 1.82) is 0 Å². The number of sulfone groups is 1. The fourth-order valence-electron chi connectivity index (χ4n) is 5.31. The Morgan fingerprint density at radius 2 is 1.20 bits per heavy atom. The second-order valence-corrected chi connectivity index (χ2v) is 12.9. The van der Waals surface area contributed by atoms with Gasteiger partial charge in [-0.15, -0.1) is 11.8 Å². The molecule has 5 nitrogen and oxygen atoms in total. The Morgan fingerprint density at radius 3 is 1.78 bits per heavy atom. The lowest BCUT2D eigenvalue weighted by Gasteiger charge is -2.43. The minimum absolute atomic E-state index is 0.134. The highest BCUT2D eigenvalue weighted by molar-refractivity contribution is 8.02. The number of rotatable bonds is 8. The SMILES string of the molecule is COc1ccc(C2(S(=O)(=O)c3ccccc3)ON=C(c3ccccc3)C2(Sc2ccccc2)c2ccccc2)cc1. The van der Waals surface area contributed by atoms with Crippen molar-refractivity contribution in [2.75, 3.05) is 7.11 Å². The van der Waals surface area contributed by atoms with Crippen LogP contribution in [0.5, 0.6) is 5.75 Å². The van der Waals surface area contributed by atoms with Gasteiger partial charge in [0, 0.05) is 16.0 Å². The van der Waals surface area contributed by atoms with Crippen LogP contribution in [0.25, 0.3) is 0 Å². The predicted octanol–water partition coefficient (Wildman–Crippen LogP) is 7.44. The van der Waals surface area contributed by atoms with E-state index in [1.807, 2.05) is 91.0 Å². The van der Waals surface area contributed by atoms with Gasteiger partial charge in [-0.3, -0.25) is 0 Å². The summed E-state index contributed by atoms with van der Waals surface area (Å²) in [6.45, 7) is 0. The van der Waals surface area contributed by atoms with Crippen molar-refractivity contribution in [3.8, 4) is 5.75 Å². The summed E-state index contributed by atoms with van der Waals surface area (Å²) < 4.78 is 34.5. The monoisotopic (exact) mass is 577 g/mol. The minimum Gasteiger partial charge on any atom is -0.497 e. The molecular formula is C34H27NO4S2. The third kappa shape index (κ3) is 4.33. The maximum atomic E-state index is 15.2. The average molecular weight is 578 g/mol. The fraction of sp³-hybridized carbons (Fsp3) is 0.0882. The molecule has 1 aliphatic heterocycles. The van der Waals surface area contributed by atoms with Gasteiger partial charge in [0.1, 0.15) is 11.5 Å². The second-order valence-electron chi connectivity index (χ2n) is 9.52. The Hall–Kier alpha value is -4.33. The van der Waals surface area contributed by atoms with Crippen LogP contribution in [0, 0.1) is 0 Å². The van der Waals surface area contributed by atoms with Gasteiger partial charge in [-0.1, -0.05) is 114 Å². The molecule has 2 atom stereocenters. The summed E-state index contributed by atoms with van der Waals surface area (Å²) in [5.41, 5.74) is 2.44. The molecule has 0 radical (unpaired) electrons. The van der Waals surface area contributed by atoms with E-state index in [4.69, 9.17) is 9.57 Å². The quantitative estimate of drug-likeness (QED) is 0.192. The van der Waals surface area contributed by atoms with Gasteiger partial charge in [0.15, 0.2) is 4.75 Å². The maximum absolute atomic E-state index is 15.2. The van der Waals surface area contributed by atoms with Crippen molar-refractivity contribution < 1.29 is 18.0 Å². The first-order valence-corrected chi connectivity index (χ1v) is 15.4. The number of thioether (sulfide) groups is 1. The topological polar surface area (TPSA) is 65.0 Å². The first-order chi connectivity index (χ1) is 20.0.